The van der Waals surface area contributed by atoms with Gasteiger partial charge in [0, 0.05) is 0 Å². The van der Waals surface area contributed by atoms with Crippen LogP contribution in [0.3, 0.4) is 0 Å². The van der Waals surface area contributed by atoms with Gasteiger partial charge in [-0.25, -0.2) is 4.79 Å². The van der Waals surface area contributed by atoms with Crippen LogP contribution in [0.25, 0.3) is 0 Å². The van der Waals surface area contributed by atoms with Gasteiger partial charge < -0.3 is 12.0 Å². The fourth-order valence-electron chi connectivity index (χ4n) is 0.769. The predicted molar refractivity (Wildman–Crippen MR) is 58.9 cm³/mol. The minimum Gasteiger partial charge on any atom is -0.478 e. The molecule has 0 aliphatic rings. The van der Waals surface area contributed by atoms with E-state index in [-0.39, 0.29) is 40.0 Å². The van der Waals surface area contributed by atoms with E-state index < -0.39 is 16.1 Å². The van der Waals surface area contributed by atoms with Crippen LogP contribution in [0.1, 0.15) is 23.7 Å². The predicted octanol–water partition coefficient (Wildman–Crippen LogP) is -1.13. The van der Waals surface area contributed by atoms with Crippen LogP contribution in [0.2, 0.25) is 0 Å². The van der Waals surface area contributed by atoms with Crippen LogP contribution in [0.4, 0.5) is 0 Å². The van der Waals surface area contributed by atoms with Crippen molar-refractivity contribution >= 4 is 16.1 Å². The average molecular weight is 268 g/mol. The number of rotatable bonds is 2. The van der Waals surface area contributed by atoms with Gasteiger partial charge in [0.2, 0.25) is 0 Å². The zero-order valence-electron chi connectivity index (χ0n) is 9.75. The normalized spacial score (nSPS) is 9.59. The molecule has 0 aromatic heterocycles. The van der Waals surface area contributed by atoms with Crippen LogP contribution < -0.4 is 29.6 Å². The molecule has 0 aliphatic carbocycles. The van der Waals surface area contributed by atoms with Gasteiger partial charge in [0.15, 0.2) is 0 Å². The Morgan fingerprint density at radius 2 is 1.65 bits per heavy atom. The molecule has 1 aromatic carbocycles. The smallest absolute Gasteiger partial charge is 0.478 e. The number of carboxylic acid groups (broad SMARTS) is 1. The summed E-state index contributed by atoms with van der Waals surface area (Å²) in [5.41, 5.74) is -0.0348. The summed E-state index contributed by atoms with van der Waals surface area (Å²) in [6.45, 7) is 5.50. The Kier molecular flexibility index (Phi) is 9.65. The summed E-state index contributed by atoms with van der Waals surface area (Å²) < 4.78 is 29.6. The quantitative estimate of drug-likeness (QED) is 0.402. The van der Waals surface area contributed by atoms with Gasteiger partial charge in [-0.05, 0) is 24.3 Å². The summed E-state index contributed by atoms with van der Waals surface area (Å²) in [5, 5.41) is 8.47. The van der Waals surface area contributed by atoms with E-state index in [1.807, 2.05) is 6.92 Å². The molecule has 1 aromatic rings. The molecule has 0 atom stereocenters. The van der Waals surface area contributed by atoms with E-state index in [2.05, 4.69) is 6.92 Å². The van der Waals surface area contributed by atoms with Crippen LogP contribution in [0.5, 0.6) is 0 Å². The van der Waals surface area contributed by atoms with E-state index in [1.54, 1.807) is 0 Å². The molecule has 90 valence electrons. The average Bonchev–Trinajstić information content (AvgIpc) is 2.18. The zero-order valence-corrected chi connectivity index (χ0v) is 12.6. The third-order valence-electron chi connectivity index (χ3n) is 1.40. The maximum absolute atomic E-state index is 10.5. The maximum Gasteiger partial charge on any atom is 1.00 e. The first kappa shape index (κ1) is 19.0. The zero-order chi connectivity index (χ0) is 12.8. The first-order chi connectivity index (χ1) is 7.32. The molecule has 0 heterocycles. The molecule has 0 radical (unpaired) electrons. The molecule has 0 spiro atoms. The van der Waals surface area contributed by atoms with Crippen LogP contribution >= 0.6 is 0 Å². The van der Waals surface area contributed by atoms with E-state index in [0.717, 1.165) is 30.7 Å². The van der Waals surface area contributed by atoms with Crippen LogP contribution in [0.15, 0.2) is 29.2 Å². The number of carbonyl (C=O) groups is 1. The summed E-state index contributed by atoms with van der Waals surface area (Å²) >= 11 is 0. The molecule has 0 amide bonds. The maximum atomic E-state index is 10.5. The van der Waals surface area contributed by atoms with Crippen molar-refractivity contribution in [2.45, 2.75) is 18.2 Å². The first-order valence-corrected chi connectivity index (χ1v) is 5.87. The molecule has 0 aliphatic heterocycles. The third kappa shape index (κ3) is 7.51. The fourth-order valence-corrected chi connectivity index (χ4v) is 1.25. The van der Waals surface area contributed by atoms with Crippen molar-refractivity contribution in [2.75, 3.05) is 0 Å². The minimum atomic E-state index is -4.24. The molecule has 2 N–H and O–H groups in total. The molecule has 0 fully saturated rings. The SMILES string of the molecule is O=C(O)c1ccc(S(=O)(=O)O)cc1.[CH2-]CC.[Na+]. The Bertz CT molecular complexity index is 438. The minimum absolute atomic E-state index is 0. The third-order valence-corrected chi connectivity index (χ3v) is 2.27. The number of hydrogen-bond donors (Lipinski definition) is 2. The van der Waals surface area contributed by atoms with Crippen molar-refractivity contribution in [1.29, 1.82) is 0 Å². The second kappa shape index (κ2) is 8.66. The summed E-state index contributed by atoms with van der Waals surface area (Å²) in [6, 6.07) is 4.26. The second-order valence-electron chi connectivity index (χ2n) is 2.80. The van der Waals surface area contributed by atoms with E-state index in [1.165, 1.54) is 0 Å². The Labute approximate surface area is 123 Å². The summed E-state index contributed by atoms with van der Waals surface area (Å²) in [5.74, 6) is -1.15. The van der Waals surface area contributed by atoms with Crippen molar-refractivity contribution in [3.8, 4) is 0 Å². The van der Waals surface area contributed by atoms with Gasteiger partial charge in [-0.15, -0.1) is 0 Å². The Hall–Kier alpha value is -0.400. The number of benzene rings is 1. The fraction of sp³-hybridized carbons (Fsp3) is 0.200. The topological polar surface area (TPSA) is 91.7 Å². The van der Waals surface area contributed by atoms with Crippen LogP contribution in [-0.4, -0.2) is 24.0 Å². The van der Waals surface area contributed by atoms with Gasteiger partial charge in [0.05, 0.1) is 10.5 Å². The monoisotopic (exact) mass is 268 g/mol. The summed E-state index contributed by atoms with van der Waals surface area (Å²) in [6.07, 6.45) is 1.00. The first-order valence-electron chi connectivity index (χ1n) is 4.43. The molecule has 17 heavy (non-hydrogen) atoms. The molecular formula is C10H13NaO5S. The van der Waals surface area contributed by atoms with Crippen molar-refractivity contribution in [2.24, 2.45) is 0 Å². The molecule has 7 heteroatoms. The number of carboxylic acids is 1. The van der Waals surface area contributed by atoms with E-state index >= 15 is 0 Å². The van der Waals surface area contributed by atoms with Gasteiger partial charge >= 0.3 is 35.5 Å². The van der Waals surface area contributed by atoms with E-state index in [4.69, 9.17) is 9.66 Å². The number of hydrogen-bond acceptors (Lipinski definition) is 3. The molecule has 0 unspecified atom stereocenters. The van der Waals surface area contributed by atoms with Gasteiger partial charge in [-0.1, -0.05) is 6.92 Å². The van der Waals surface area contributed by atoms with Gasteiger partial charge in [0.1, 0.15) is 0 Å². The second-order valence-corrected chi connectivity index (χ2v) is 4.23. The molecule has 0 bridgehead atoms. The van der Waals surface area contributed by atoms with Crippen molar-refractivity contribution < 1.29 is 52.4 Å². The van der Waals surface area contributed by atoms with Gasteiger partial charge in [-0.2, -0.15) is 14.8 Å². The summed E-state index contributed by atoms with van der Waals surface area (Å²) in [4.78, 5) is 10.0. The van der Waals surface area contributed by atoms with Crippen LogP contribution in [0, 0.1) is 6.92 Å². The van der Waals surface area contributed by atoms with Crippen LogP contribution in [-0.2, 0) is 10.1 Å². The van der Waals surface area contributed by atoms with E-state index in [0.29, 0.717) is 0 Å². The molecule has 1 rings (SSSR count). The Morgan fingerprint density at radius 3 is 1.88 bits per heavy atom. The standard InChI is InChI=1S/C7H6O5S.C3H7.Na/c8-7(9)5-1-3-6(4-2-5)13(10,11)12;1-3-2;/h1-4H,(H,8,9)(H,10,11,12);1,3H2,2H3;/q;-1;+1. The van der Waals surface area contributed by atoms with Crippen molar-refractivity contribution in [3.63, 3.8) is 0 Å². The van der Waals surface area contributed by atoms with Gasteiger partial charge in [0.25, 0.3) is 10.1 Å². The molecule has 0 saturated carbocycles. The molecular weight excluding hydrogens is 255 g/mol. The Balaban J connectivity index is 0. The molecule has 5 nitrogen and oxygen atoms in total. The van der Waals surface area contributed by atoms with E-state index in [9.17, 15) is 13.2 Å². The molecule has 0 saturated heterocycles. The number of aromatic carboxylic acids is 1. The summed E-state index contributed by atoms with van der Waals surface area (Å²) in [7, 11) is -4.24. The largest absolute Gasteiger partial charge is 1.00 e. The van der Waals surface area contributed by atoms with Crippen molar-refractivity contribution in [3.05, 3.63) is 36.8 Å². The van der Waals surface area contributed by atoms with Gasteiger partial charge in [-0.3, -0.25) is 4.55 Å². The Morgan fingerprint density at radius 1 is 1.29 bits per heavy atom. The van der Waals surface area contributed by atoms with Crippen molar-refractivity contribution in [1.82, 2.24) is 0 Å².